The summed E-state index contributed by atoms with van der Waals surface area (Å²) >= 11 is 0. The second-order valence-corrected chi connectivity index (χ2v) is 6.34. The quantitative estimate of drug-likeness (QED) is 0.772. The molecule has 1 aliphatic heterocycles. The van der Waals surface area contributed by atoms with Gasteiger partial charge in [-0.2, -0.15) is 0 Å². The topological polar surface area (TPSA) is 24.5 Å². The van der Waals surface area contributed by atoms with Crippen molar-refractivity contribution in [2.24, 2.45) is 5.41 Å². The zero-order valence-electron chi connectivity index (χ0n) is 12.3. The van der Waals surface area contributed by atoms with Crippen molar-refractivity contribution in [2.75, 3.05) is 32.8 Å². The van der Waals surface area contributed by atoms with Crippen LogP contribution in [0.5, 0.6) is 0 Å². The zero-order chi connectivity index (χ0) is 12.9. The smallest absolute Gasteiger partial charge is 0.0700 e. The van der Waals surface area contributed by atoms with E-state index in [4.69, 9.17) is 4.74 Å². The van der Waals surface area contributed by atoms with Crippen LogP contribution in [0.3, 0.4) is 0 Å². The van der Waals surface area contributed by atoms with Crippen LogP contribution in [0.4, 0.5) is 0 Å². The molecule has 1 aliphatic rings. The minimum Gasteiger partial charge on any atom is -0.376 e. The van der Waals surface area contributed by atoms with Gasteiger partial charge in [-0.15, -0.1) is 0 Å². The summed E-state index contributed by atoms with van der Waals surface area (Å²) < 4.78 is 5.71. The van der Waals surface area contributed by atoms with Gasteiger partial charge in [0.15, 0.2) is 0 Å². The van der Waals surface area contributed by atoms with E-state index in [1.165, 1.54) is 0 Å². The van der Waals surface area contributed by atoms with Gasteiger partial charge in [-0.25, -0.2) is 0 Å². The first kappa shape index (κ1) is 14.9. The molecule has 1 heterocycles. The Morgan fingerprint density at radius 3 is 2.71 bits per heavy atom. The first-order valence-corrected chi connectivity index (χ1v) is 7.00. The van der Waals surface area contributed by atoms with Crippen molar-refractivity contribution < 1.29 is 4.74 Å². The first-order valence-electron chi connectivity index (χ1n) is 7.00. The van der Waals surface area contributed by atoms with Crippen molar-refractivity contribution in [3.8, 4) is 0 Å². The van der Waals surface area contributed by atoms with Crippen LogP contribution in [-0.4, -0.2) is 49.8 Å². The van der Waals surface area contributed by atoms with Gasteiger partial charge in [-0.05, 0) is 11.8 Å². The van der Waals surface area contributed by atoms with Crippen molar-refractivity contribution in [1.82, 2.24) is 10.2 Å². The number of nitrogens with one attached hydrogen (secondary N) is 1. The monoisotopic (exact) mass is 242 g/mol. The Hall–Kier alpha value is -0.120. The second-order valence-electron chi connectivity index (χ2n) is 6.34. The SMILES string of the molecule is CCC1CN(CC(C)(C)CNC(C)C)CCO1. The number of rotatable bonds is 6. The molecule has 0 aromatic carbocycles. The van der Waals surface area contributed by atoms with E-state index in [9.17, 15) is 0 Å². The molecule has 1 fully saturated rings. The highest BCUT2D eigenvalue weighted by atomic mass is 16.5. The Morgan fingerprint density at radius 2 is 2.12 bits per heavy atom. The molecule has 1 rings (SSSR count). The third-order valence-electron chi connectivity index (χ3n) is 3.32. The van der Waals surface area contributed by atoms with Gasteiger partial charge < -0.3 is 10.1 Å². The summed E-state index contributed by atoms with van der Waals surface area (Å²) in [6.07, 6.45) is 1.57. The lowest BCUT2D eigenvalue weighted by molar-refractivity contribution is -0.0395. The molecule has 0 saturated carbocycles. The largest absolute Gasteiger partial charge is 0.376 e. The predicted molar refractivity (Wildman–Crippen MR) is 73.4 cm³/mol. The second kappa shape index (κ2) is 6.72. The summed E-state index contributed by atoms with van der Waals surface area (Å²) in [5, 5.41) is 3.54. The maximum atomic E-state index is 5.71. The Labute approximate surface area is 107 Å². The van der Waals surface area contributed by atoms with Gasteiger partial charge >= 0.3 is 0 Å². The van der Waals surface area contributed by atoms with E-state index in [0.29, 0.717) is 17.6 Å². The number of morpholine rings is 1. The van der Waals surface area contributed by atoms with E-state index >= 15 is 0 Å². The molecule has 1 N–H and O–H groups in total. The minimum atomic E-state index is 0.333. The van der Waals surface area contributed by atoms with Crippen molar-refractivity contribution >= 4 is 0 Å². The molecule has 1 unspecified atom stereocenters. The molecule has 0 aromatic rings. The average molecular weight is 242 g/mol. The molecule has 0 radical (unpaired) electrons. The minimum absolute atomic E-state index is 0.333. The molecule has 3 heteroatoms. The molecule has 3 nitrogen and oxygen atoms in total. The highest BCUT2D eigenvalue weighted by Crippen LogP contribution is 2.18. The normalized spacial score (nSPS) is 23.3. The third kappa shape index (κ3) is 5.84. The fraction of sp³-hybridized carbons (Fsp3) is 1.00. The van der Waals surface area contributed by atoms with E-state index in [1.807, 2.05) is 0 Å². The highest BCUT2D eigenvalue weighted by molar-refractivity contribution is 4.80. The van der Waals surface area contributed by atoms with E-state index < -0.39 is 0 Å². The summed E-state index contributed by atoms with van der Waals surface area (Å²) in [5.41, 5.74) is 0.333. The van der Waals surface area contributed by atoms with Crippen LogP contribution in [0.1, 0.15) is 41.0 Å². The molecule has 102 valence electrons. The van der Waals surface area contributed by atoms with Gasteiger partial charge in [-0.1, -0.05) is 34.6 Å². The number of nitrogens with zero attached hydrogens (tertiary/aromatic N) is 1. The Bertz CT molecular complexity index is 216. The molecule has 1 saturated heterocycles. The van der Waals surface area contributed by atoms with E-state index in [2.05, 4.69) is 44.8 Å². The first-order chi connectivity index (χ1) is 7.93. The van der Waals surface area contributed by atoms with Crippen LogP contribution < -0.4 is 5.32 Å². The lowest BCUT2D eigenvalue weighted by Crippen LogP contribution is -2.48. The molecule has 0 spiro atoms. The predicted octanol–water partition coefficient (Wildman–Crippen LogP) is 2.12. The third-order valence-corrected chi connectivity index (χ3v) is 3.32. The lowest BCUT2D eigenvalue weighted by atomic mass is 9.92. The molecular weight excluding hydrogens is 212 g/mol. The maximum Gasteiger partial charge on any atom is 0.0700 e. The van der Waals surface area contributed by atoms with Crippen molar-refractivity contribution in [2.45, 2.75) is 53.2 Å². The van der Waals surface area contributed by atoms with Gasteiger partial charge in [0.2, 0.25) is 0 Å². The molecule has 0 amide bonds. The van der Waals surface area contributed by atoms with Gasteiger partial charge in [0.25, 0.3) is 0 Å². The van der Waals surface area contributed by atoms with Crippen LogP contribution in [-0.2, 0) is 4.74 Å². The van der Waals surface area contributed by atoms with E-state index in [0.717, 1.165) is 39.2 Å². The molecular formula is C14H30N2O. The number of hydrogen-bond donors (Lipinski definition) is 1. The zero-order valence-corrected chi connectivity index (χ0v) is 12.3. The highest BCUT2D eigenvalue weighted by Gasteiger charge is 2.26. The van der Waals surface area contributed by atoms with Crippen LogP contribution in [0, 0.1) is 5.41 Å². The van der Waals surface area contributed by atoms with Gasteiger partial charge in [0.1, 0.15) is 0 Å². The van der Waals surface area contributed by atoms with Crippen molar-refractivity contribution in [3.63, 3.8) is 0 Å². The molecule has 17 heavy (non-hydrogen) atoms. The van der Waals surface area contributed by atoms with Crippen LogP contribution in [0.2, 0.25) is 0 Å². The molecule has 1 atom stereocenters. The Kier molecular flexibility index (Phi) is 5.90. The number of hydrogen-bond acceptors (Lipinski definition) is 3. The van der Waals surface area contributed by atoms with Crippen LogP contribution in [0.15, 0.2) is 0 Å². The van der Waals surface area contributed by atoms with Crippen LogP contribution in [0.25, 0.3) is 0 Å². The van der Waals surface area contributed by atoms with Gasteiger partial charge in [0, 0.05) is 32.2 Å². The van der Waals surface area contributed by atoms with Crippen molar-refractivity contribution in [3.05, 3.63) is 0 Å². The summed E-state index contributed by atoms with van der Waals surface area (Å²) in [6, 6.07) is 0.572. The van der Waals surface area contributed by atoms with Crippen LogP contribution >= 0.6 is 0 Å². The lowest BCUT2D eigenvalue weighted by Gasteiger charge is -2.38. The van der Waals surface area contributed by atoms with Gasteiger partial charge in [-0.3, -0.25) is 4.90 Å². The Balaban J connectivity index is 2.35. The summed E-state index contributed by atoms with van der Waals surface area (Å²) in [7, 11) is 0. The standard InChI is InChI=1S/C14H30N2O/c1-6-13-9-16(7-8-17-13)11-14(4,5)10-15-12(2)3/h12-13,15H,6-11H2,1-5H3. The summed E-state index contributed by atoms with van der Waals surface area (Å²) in [4.78, 5) is 2.56. The number of ether oxygens (including phenoxy) is 1. The fourth-order valence-electron chi connectivity index (χ4n) is 2.31. The van der Waals surface area contributed by atoms with E-state index in [1.54, 1.807) is 0 Å². The Morgan fingerprint density at radius 1 is 1.41 bits per heavy atom. The van der Waals surface area contributed by atoms with E-state index in [-0.39, 0.29) is 0 Å². The average Bonchev–Trinajstić information content (AvgIpc) is 2.26. The summed E-state index contributed by atoms with van der Waals surface area (Å²) in [5.74, 6) is 0. The molecule has 0 aromatic heterocycles. The molecule has 0 aliphatic carbocycles. The summed E-state index contributed by atoms with van der Waals surface area (Å²) in [6.45, 7) is 16.6. The fourth-order valence-corrected chi connectivity index (χ4v) is 2.31. The maximum absolute atomic E-state index is 5.71. The molecule has 0 bridgehead atoms. The van der Waals surface area contributed by atoms with Gasteiger partial charge in [0.05, 0.1) is 12.7 Å². The van der Waals surface area contributed by atoms with Crippen molar-refractivity contribution in [1.29, 1.82) is 0 Å².